The fourth-order valence-corrected chi connectivity index (χ4v) is 4.08. The quantitative estimate of drug-likeness (QED) is 0.262. The number of benzene rings is 4. The second kappa shape index (κ2) is 11.7. The minimum atomic E-state index is 0.416. The second-order valence-electron chi connectivity index (χ2n) is 8.14. The summed E-state index contributed by atoms with van der Waals surface area (Å²) in [6.45, 7) is 3.95. The highest BCUT2D eigenvalue weighted by molar-refractivity contribution is 6.09. The molecule has 1 heterocycles. The Morgan fingerprint density at radius 2 is 1.09 bits per heavy atom. The number of rotatable bonds is 0. The van der Waals surface area contributed by atoms with E-state index in [1.54, 1.807) is 0 Å². The first-order chi connectivity index (χ1) is 17.4. The van der Waals surface area contributed by atoms with Gasteiger partial charge in [-0.25, -0.2) is 0 Å². The number of hydrogen-bond donors (Lipinski definition) is 0. The van der Waals surface area contributed by atoms with Crippen LogP contribution in [0.3, 0.4) is 0 Å². The molecule has 5 heteroatoms. The second-order valence-corrected chi connectivity index (χ2v) is 8.14. The summed E-state index contributed by atoms with van der Waals surface area (Å²) < 4.78 is 28.5. The molecule has 0 saturated carbocycles. The summed E-state index contributed by atoms with van der Waals surface area (Å²) in [4.78, 5) is 0. The molecule has 5 rings (SSSR count). The van der Waals surface area contributed by atoms with Crippen LogP contribution in [0.25, 0.3) is 21.5 Å². The lowest BCUT2D eigenvalue weighted by Gasteiger charge is -2.13. The van der Waals surface area contributed by atoms with Gasteiger partial charge in [0.25, 0.3) is 0 Å². The smallest absolute Gasteiger partial charge is 0.162 e. The Bertz CT molecular complexity index is 1350. The molecule has 0 aromatic heterocycles. The van der Waals surface area contributed by atoms with E-state index in [0.717, 1.165) is 16.5 Å². The predicted octanol–water partition coefficient (Wildman–Crippen LogP) is 5.21. The third kappa shape index (κ3) is 5.93. The molecule has 0 saturated heterocycles. The Hall–Kier alpha value is -3.56. The highest BCUT2D eigenvalue weighted by Crippen LogP contribution is 2.30. The molecule has 4 aromatic rings. The number of ether oxygens (including phenoxy) is 5. The maximum absolute atomic E-state index is 5.98. The van der Waals surface area contributed by atoms with Gasteiger partial charge in [0, 0.05) is 11.1 Å². The van der Waals surface area contributed by atoms with Crippen molar-refractivity contribution >= 4 is 21.5 Å². The molecule has 4 aromatic carbocycles. The van der Waals surface area contributed by atoms with Crippen molar-refractivity contribution in [1.29, 1.82) is 0 Å². The first-order valence-corrected chi connectivity index (χ1v) is 11.9. The molecule has 0 radical (unpaired) electrons. The van der Waals surface area contributed by atoms with Crippen LogP contribution in [0.15, 0.2) is 72.8 Å². The minimum absolute atomic E-state index is 0.416. The van der Waals surface area contributed by atoms with Crippen molar-refractivity contribution in [2.24, 2.45) is 0 Å². The minimum Gasteiger partial charge on any atom is -0.487 e. The lowest BCUT2D eigenvalue weighted by molar-refractivity contribution is 0.00708. The van der Waals surface area contributed by atoms with Crippen molar-refractivity contribution in [3.63, 3.8) is 0 Å². The van der Waals surface area contributed by atoms with Crippen molar-refractivity contribution < 1.29 is 23.7 Å². The molecule has 0 spiro atoms. The van der Waals surface area contributed by atoms with Crippen LogP contribution in [-0.4, -0.2) is 52.9 Å². The van der Waals surface area contributed by atoms with Crippen molar-refractivity contribution in [3.8, 4) is 23.3 Å². The highest BCUT2D eigenvalue weighted by atomic mass is 16.6. The van der Waals surface area contributed by atoms with Gasteiger partial charge < -0.3 is 23.7 Å². The topological polar surface area (TPSA) is 46.2 Å². The molecule has 0 fully saturated rings. The van der Waals surface area contributed by atoms with E-state index in [9.17, 15) is 0 Å². The van der Waals surface area contributed by atoms with Crippen LogP contribution in [0.2, 0.25) is 0 Å². The van der Waals surface area contributed by atoms with Crippen LogP contribution in [0.5, 0.6) is 11.5 Å². The van der Waals surface area contributed by atoms with E-state index in [4.69, 9.17) is 23.7 Å². The fourth-order valence-electron chi connectivity index (χ4n) is 4.08. The monoisotopic (exact) mass is 468 g/mol. The summed E-state index contributed by atoms with van der Waals surface area (Å²) in [6.07, 6.45) is 0. The molecule has 0 bridgehead atoms. The molecule has 0 aliphatic carbocycles. The van der Waals surface area contributed by atoms with Gasteiger partial charge in [-0.1, -0.05) is 60.4 Å². The molecule has 5 nitrogen and oxygen atoms in total. The molecule has 1 aliphatic rings. The van der Waals surface area contributed by atoms with Gasteiger partial charge in [0.1, 0.15) is 13.2 Å². The molecule has 1 aliphatic heterocycles. The van der Waals surface area contributed by atoms with Crippen LogP contribution in [0, 0.1) is 11.8 Å². The summed E-state index contributed by atoms with van der Waals surface area (Å²) in [6, 6.07) is 24.8. The molecule has 0 unspecified atom stereocenters. The lowest BCUT2D eigenvalue weighted by Crippen LogP contribution is -2.13. The summed E-state index contributed by atoms with van der Waals surface area (Å²) in [7, 11) is 0. The van der Waals surface area contributed by atoms with Gasteiger partial charge in [-0.2, -0.15) is 0 Å². The molecule has 35 heavy (non-hydrogen) atoms. The fraction of sp³-hybridized carbons (Fsp3) is 0.267. The Balaban J connectivity index is 1.42. The van der Waals surface area contributed by atoms with E-state index in [1.807, 2.05) is 18.2 Å². The summed E-state index contributed by atoms with van der Waals surface area (Å²) in [5, 5.41) is 4.77. The predicted molar refractivity (Wildman–Crippen MR) is 137 cm³/mol. The zero-order valence-corrected chi connectivity index (χ0v) is 19.6. The summed E-state index contributed by atoms with van der Waals surface area (Å²) in [5.74, 6) is 8.03. The van der Waals surface area contributed by atoms with E-state index in [2.05, 4.69) is 66.4 Å². The Labute approximate surface area is 205 Å². The largest absolute Gasteiger partial charge is 0.487 e. The van der Waals surface area contributed by atoms with Crippen LogP contribution < -0.4 is 9.47 Å². The maximum atomic E-state index is 5.98. The van der Waals surface area contributed by atoms with E-state index >= 15 is 0 Å². The van der Waals surface area contributed by atoms with E-state index < -0.39 is 0 Å². The van der Waals surface area contributed by atoms with Gasteiger partial charge in [-0.3, -0.25) is 0 Å². The van der Waals surface area contributed by atoms with Crippen LogP contribution in [0.1, 0.15) is 11.1 Å². The van der Waals surface area contributed by atoms with Crippen molar-refractivity contribution in [2.45, 2.75) is 0 Å². The molecule has 0 atom stereocenters. The SMILES string of the molecule is C(#Cc1cc2ccccc2c2ccccc12)c1ccc2c(c1)OCCOCCOCCOCCO2. The van der Waals surface area contributed by atoms with Crippen molar-refractivity contribution in [2.75, 3.05) is 52.9 Å². The Kier molecular flexibility index (Phi) is 7.77. The average Bonchev–Trinajstić information content (AvgIpc) is 2.91. The van der Waals surface area contributed by atoms with E-state index in [1.165, 1.54) is 16.2 Å². The van der Waals surface area contributed by atoms with Gasteiger partial charge in [0.05, 0.1) is 39.6 Å². The summed E-state index contributed by atoms with van der Waals surface area (Å²) >= 11 is 0. The average molecular weight is 469 g/mol. The molecule has 0 N–H and O–H groups in total. The first kappa shape index (κ1) is 23.2. The lowest BCUT2D eigenvalue weighted by atomic mass is 9.97. The third-order valence-electron chi connectivity index (χ3n) is 5.77. The van der Waals surface area contributed by atoms with Crippen LogP contribution in [0.4, 0.5) is 0 Å². The van der Waals surface area contributed by atoms with Crippen LogP contribution in [-0.2, 0) is 14.2 Å². The van der Waals surface area contributed by atoms with Gasteiger partial charge in [-0.15, -0.1) is 0 Å². The normalized spacial score (nSPS) is 15.5. The van der Waals surface area contributed by atoms with Gasteiger partial charge in [0.2, 0.25) is 0 Å². The third-order valence-corrected chi connectivity index (χ3v) is 5.77. The first-order valence-electron chi connectivity index (χ1n) is 11.9. The Morgan fingerprint density at radius 1 is 0.486 bits per heavy atom. The highest BCUT2D eigenvalue weighted by Gasteiger charge is 2.08. The molecule has 178 valence electrons. The summed E-state index contributed by atoms with van der Waals surface area (Å²) in [5.41, 5.74) is 1.86. The Morgan fingerprint density at radius 3 is 1.83 bits per heavy atom. The van der Waals surface area contributed by atoms with Crippen molar-refractivity contribution in [3.05, 3.63) is 83.9 Å². The number of fused-ring (bicyclic) bond motifs is 4. The van der Waals surface area contributed by atoms with Crippen molar-refractivity contribution in [1.82, 2.24) is 0 Å². The standard InChI is InChI=1S/C30H28O5/c1-2-6-26-24(5-1)22-25(27-7-3-4-8-28(26)27)11-9-23-10-12-29-30(21-23)35-20-18-33-16-14-31-13-15-32-17-19-34-29/h1-8,10,12,21-22H,13-20H2. The molecule has 0 amide bonds. The zero-order valence-electron chi connectivity index (χ0n) is 19.6. The van der Waals surface area contributed by atoms with E-state index in [-0.39, 0.29) is 0 Å². The van der Waals surface area contributed by atoms with Gasteiger partial charge in [0.15, 0.2) is 11.5 Å². The zero-order chi connectivity index (χ0) is 23.7. The van der Waals surface area contributed by atoms with Crippen LogP contribution >= 0.6 is 0 Å². The number of hydrogen-bond acceptors (Lipinski definition) is 5. The van der Waals surface area contributed by atoms with Gasteiger partial charge >= 0.3 is 0 Å². The van der Waals surface area contributed by atoms with Gasteiger partial charge in [-0.05, 0) is 45.8 Å². The maximum Gasteiger partial charge on any atom is 0.162 e. The molecular formula is C30H28O5. The van der Waals surface area contributed by atoms with E-state index in [0.29, 0.717) is 64.4 Å². The molecular weight excluding hydrogens is 440 g/mol.